The summed E-state index contributed by atoms with van der Waals surface area (Å²) in [4.78, 5) is 13.9. The maximum atomic E-state index is 10.5. The third kappa shape index (κ3) is 1.81. The molecule has 1 rings (SSSR count). The Morgan fingerprint density at radius 2 is 2.31 bits per heavy atom. The van der Waals surface area contributed by atoms with Gasteiger partial charge in [-0.2, -0.15) is 0 Å². The highest BCUT2D eigenvalue weighted by atomic mass is 35.5. The van der Waals surface area contributed by atoms with Gasteiger partial charge in [0, 0.05) is 6.07 Å². The lowest BCUT2D eigenvalue weighted by Gasteiger charge is -2.05. The van der Waals surface area contributed by atoms with Crippen molar-refractivity contribution in [3.63, 3.8) is 0 Å². The molecule has 0 spiro atoms. The van der Waals surface area contributed by atoms with Crippen molar-refractivity contribution in [2.24, 2.45) is 0 Å². The highest BCUT2D eigenvalue weighted by Gasteiger charge is 2.17. The van der Waals surface area contributed by atoms with Crippen LogP contribution >= 0.6 is 11.6 Å². The van der Waals surface area contributed by atoms with E-state index in [4.69, 9.17) is 16.7 Å². The molecule has 0 unspecified atom stereocenters. The fourth-order valence-electron chi connectivity index (χ4n) is 0.790. The number of rotatable bonds is 2. The van der Waals surface area contributed by atoms with E-state index in [2.05, 4.69) is 9.72 Å². The summed E-state index contributed by atoms with van der Waals surface area (Å²) in [5.74, 6) is -1.91. The SMILES string of the molecule is COc1cc(Cl)nc(C(=O)O)c1O. The van der Waals surface area contributed by atoms with E-state index in [0.29, 0.717) is 0 Å². The number of ether oxygens (including phenoxy) is 1. The molecule has 0 bridgehead atoms. The number of halogens is 1. The Morgan fingerprint density at radius 3 is 2.77 bits per heavy atom. The number of hydrogen-bond acceptors (Lipinski definition) is 4. The van der Waals surface area contributed by atoms with E-state index in [1.54, 1.807) is 0 Å². The van der Waals surface area contributed by atoms with Gasteiger partial charge in [0.2, 0.25) is 0 Å². The zero-order valence-corrected chi connectivity index (χ0v) is 7.37. The van der Waals surface area contributed by atoms with Gasteiger partial charge in [-0.15, -0.1) is 0 Å². The van der Waals surface area contributed by atoms with Crippen LogP contribution in [-0.4, -0.2) is 28.3 Å². The molecule has 6 heteroatoms. The van der Waals surface area contributed by atoms with Gasteiger partial charge in [0.25, 0.3) is 0 Å². The van der Waals surface area contributed by atoms with Gasteiger partial charge in [0.15, 0.2) is 17.2 Å². The van der Waals surface area contributed by atoms with E-state index in [-0.39, 0.29) is 10.9 Å². The Bertz CT molecular complexity index is 353. The molecule has 13 heavy (non-hydrogen) atoms. The lowest BCUT2D eigenvalue weighted by molar-refractivity contribution is 0.0686. The highest BCUT2D eigenvalue weighted by molar-refractivity contribution is 6.29. The van der Waals surface area contributed by atoms with Crippen LogP contribution in [0.1, 0.15) is 10.5 Å². The normalized spacial score (nSPS) is 9.69. The third-order valence-electron chi connectivity index (χ3n) is 1.35. The number of hydrogen-bond donors (Lipinski definition) is 2. The number of methoxy groups -OCH3 is 1. The van der Waals surface area contributed by atoms with E-state index >= 15 is 0 Å². The Balaban J connectivity index is 3.35. The summed E-state index contributed by atoms with van der Waals surface area (Å²) in [6, 6.07) is 1.23. The molecule has 0 radical (unpaired) electrons. The first-order valence-electron chi connectivity index (χ1n) is 3.23. The predicted octanol–water partition coefficient (Wildman–Crippen LogP) is 1.15. The predicted molar refractivity (Wildman–Crippen MR) is 44.4 cm³/mol. The van der Waals surface area contributed by atoms with E-state index in [1.807, 2.05) is 0 Å². The molecule has 0 saturated heterocycles. The van der Waals surface area contributed by atoms with Crippen LogP contribution in [0, 0.1) is 0 Å². The number of carboxylic acids is 1. The molecule has 1 aromatic rings. The number of carboxylic acid groups (broad SMARTS) is 1. The van der Waals surface area contributed by atoms with Crippen LogP contribution < -0.4 is 4.74 Å². The molecule has 0 aromatic carbocycles. The molecule has 0 aliphatic carbocycles. The van der Waals surface area contributed by atoms with Crippen LogP contribution in [0.3, 0.4) is 0 Å². The zero-order chi connectivity index (χ0) is 10.0. The van der Waals surface area contributed by atoms with Gasteiger partial charge >= 0.3 is 5.97 Å². The van der Waals surface area contributed by atoms with E-state index in [1.165, 1.54) is 13.2 Å². The molecular formula is C7H6ClNO4. The smallest absolute Gasteiger partial charge is 0.358 e. The second kappa shape index (κ2) is 3.49. The average Bonchev–Trinajstić information content (AvgIpc) is 2.08. The summed E-state index contributed by atoms with van der Waals surface area (Å²) in [7, 11) is 1.29. The van der Waals surface area contributed by atoms with Crippen LogP contribution in [-0.2, 0) is 0 Å². The Morgan fingerprint density at radius 1 is 1.69 bits per heavy atom. The molecule has 0 aliphatic rings. The molecule has 0 fully saturated rings. The second-order valence-electron chi connectivity index (χ2n) is 2.15. The van der Waals surface area contributed by atoms with Crippen LogP contribution in [0.5, 0.6) is 11.5 Å². The van der Waals surface area contributed by atoms with Crippen molar-refractivity contribution in [2.75, 3.05) is 7.11 Å². The Labute approximate surface area is 78.5 Å². The molecule has 0 saturated carbocycles. The number of pyridine rings is 1. The largest absolute Gasteiger partial charge is 0.503 e. The maximum Gasteiger partial charge on any atom is 0.358 e. The number of aromatic hydroxyl groups is 1. The zero-order valence-electron chi connectivity index (χ0n) is 6.61. The van der Waals surface area contributed by atoms with Gasteiger partial charge in [-0.1, -0.05) is 11.6 Å². The van der Waals surface area contributed by atoms with Crippen LogP contribution in [0.4, 0.5) is 0 Å². The molecule has 5 nitrogen and oxygen atoms in total. The van der Waals surface area contributed by atoms with Gasteiger partial charge in [0.05, 0.1) is 7.11 Å². The molecule has 0 atom stereocenters. The minimum absolute atomic E-state index is 0.0163. The number of nitrogens with zero attached hydrogens (tertiary/aromatic N) is 1. The summed E-state index contributed by atoms with van der Waals surface area (Å²) < 4.78 is 4.68. The van der Waals surface area contributed by atoms with E-state index in [9.17, 15) is 9.90 Å². The Kier molecular flexibility index (Phi) is 2.57. The minimum Gasteiger partial charge on any atom is -0.503 e. The summed E-state index contributed by atoms with van der Waals surface area (Å²) in [5.41, 5.74) is -0.524. The van der Waals surface area contributed by atoms with Crippen molar-refractivity contribution in [3.05, 3.63) is 16.9 Å². The van der Waals surface area contributed by atoms with Gasteiger partial charge in [-0.05, 0) is 0 Å². The first kappa shape index (κ1) is 9.60. The molecular weight excluding hydrogens is 198 g/mol. The monoisotopic (exact) mass is 203 g/mol. The summed E-state index contributed by atoms with van der Waals surface area (Å²) in [6.07, 6.45) is 0. The lowest BCUT2D eigenvalue weighted by atomic mass is 10.3. The number of aromatic carboxylic acids is 1. The summed E-state index contributed by atoms with van der Waals surface area (Å²) in [5, 5.41) is 17.8. The van der Waals surface area contributed by atoms with Crippen molar-refractivity contribution in [1.29, 1.82) is 0 Å². The molecule has 1 heterocycles. The van der Waals surface area contributed by atoms with Gasteiger partial charge in [-0.25, -0.2) is 9.78 Å². The molecule has 1 aromatic heterocycles. The number of carbonyl (C=O) groups is 1. The molecule has 0 amide bonds. The highest BCUT2D eigenvalue weighted by Crippen LogP contribution is 2.30. The van der Waals surface area contributed by atoms with Crippen LogP contribution in [0.25, 0.3) is 0 Å². The standard InChI is InChI=1S/C7H6ClNO4/c1-13-3-2-4(8)9-5(6(3)10)7(11)12/h2,10H,1H3,(H,11,12). The van der Waals surface area contributed by atoms with Crippen molar-refractivity contribution in [3.8, 4) is 11.5 Å². The molecule has 70 valence electrons. The van der Waals surface area contributed by atoms with E-state index < -0.39 is 17.4 Å². The van der Waals surface area contributed by atoms with Gasteiger partial charge < -0.3 is 14.9 Å². The third-order valence-corrected chi connectivity index (χ3v) is 1.54. The quantitative estimate of drug-likeness (QED) is 0.705. The fourth-order valence-corrected chi connectivity index (χ4v) is 0.974. The molecule has 2 N–H and O–H groups in total. The lowest BCUT2D eigenvalue weighted by Crippen LogP contribution is -2.02. The van der Waals surface area contributed by atoms with Crippen molar-refractivity contribution in [2.45, 2.75) is 0 Å². The van der Waals surface area contributed by atoms with Crippen molar-refractivity contribution >= 4 is 17.6 Å². The summed E-state index contributed by atoms with van der Waals surface area (Å²) >= 11 is 5.48. The maximum absolute atomic E-state index is 10.5. The van der Waals surface area contributed by atoms with E-state index in [0.717, 1.165) is 0 Å². The van der Waals surface area contributed by atoms with Crippen molar-refractivity contribution in [1.82, 2.24) is 4.98 Å². The topological polar surface area (TPSA) is 79.7 Å². The van der Waals surface area contributed by atoms with Crippen LogP contribution in [0.15, 0.2) is 6.07 Å². The first-order chi connectivity index (χ1) is 6.06. The first-order valence-corrected chi connectivity index (χ1v) is 3.61. The van der Waals surface area contributed by atoms with Crippen molar-refractivity contribution < 1.29 is 19.7 Å². The number of aromatic nitrogens is 1. The van der Waals surface area contributed by atoms with Gasteiger partial charge in [0.1, 0.15) is 5.15 Å². The Hall–Kier alpha value is -1.49. The molecule has 0 aliphatic heterocycles. The average molecular weight is 204 g/mol. The second-order valence-corrected chi connectivity index (χ2v) is 2.54. The van der Waals surface area contributed by atoms with Gasteiger partial charge in [-0.3, -0.25) is 0 Å². The minimum atomic E-state index is -1.36. The fraction of sp³-hybridized carbons (Fsp3) is 0.143. The van der Waals surface area contributed by atoms with Crippen LogP contribution in [0.2, 0.25) is 5.15 Å². The summed E-state index contributed by atoms with van der Waals surface area (Å²) in [6.45, 7) is 0.